The Labute approximate surface area is 91.8 Å². The Morgan fingerprint density at radius 1 is 1.53 bits per heavy atom. The molecule has 0 radical (unpaired) electrons. The third-order valence-corrected chi connectivity index (χ3v) is 1.92. The summed E-state index contributed by atoms with van der Waals surface area (Å²) in [6.07, 6.45) is 0. The van der Waals surface area contributed by atoms with Crippen molar-refractivity contribution in [3.05, 3.63) is 28.3 Å². The minimum Gasteiger partial charge on any atom is -0.478 e. The lowest BCUT2D eigenvalue weighted by Gasteiger charge is -2.04. The molecule has 1 aromatic rings. The standard InChI is InChI=1S/C10H9ClN2O2/c11-7-4-6(2-1-3-12)9(13)8(5-7)10(14)15/h4-5H,3,12-13H2,(H,14,15). The molecule has 0 atom stereocenters. The summed E-state index contributed by atoms with van der Waals surface area (Å²) in [6, 6.07) is 2.79. The maximum atomic E-state index is 10.8. The van der Waals surface area contributed by atoms with Gasteiger partial charge in [-0.25, -0.2) is 4.79 Å². The zero-order chi connectivity index (χ0) is 11.4. The molecule has 0 unspecified atom stereocenters. The van der Waals surface area contributed by atoms with Crippen LogP contribution < -0.4 is 11.5 Å². The topological polar surface area (TPSA) is 89.3 Å². The lowest BCUT2D eigenvalue weighted by atomic mass is 10.1. The molecule has 15 heavy (non-hydrogen) atoms. The Bertz CT molecular complexity index is 460. The number of hydrogen-bond donors (Lipinski definition) is 3. The summed E-state index contributed by atoms with van der Waals surface area (Å²) in [6.45, 7) is 0.175. The molecule has 0 amide bonds. The van der Waals surface area contributed by atoms with Crippen LogP contribution in [-0.4, -0.2) is 17.6 Å². The first-order valence-electron chi connectivity index (χ1n) is 4.07. The fourth-order valence-electron chi connectivity index (χ4n) is 1.04. The predicted octanol–water partition coefficient (Wildman–Crippen LogP) is 0.931. The van der Waals surface area contributed by atoms with Gasteiger partial charge in [0.25, 0.3) is 0 Å². The first-order valence-corrected chi connectivity index (χ1v) is 4.45. The summed E-state index contributed by atoms with van der Waals surface area (Å²) in [4.78, 5) is 10.8. The Morgan fingerprint density at radius 3 is 2.73 bits per heavy atom. The van der Waals surface area contributed by atoms with Gasteiger partial charge in [-0.3, -0.25) is 0 Å². The maximum absolute atomic E-state index is 10.8. The summed E-state index contributed by atoms with van der Waals surface area (Å²) in [5.41, 5.74) is 11.2. The molecule has 0 saturated carbocycles. The highest BCUT2D eigenvalue weighted by Crippen LogP contribution is 2.22. The van der Waals surface area contributed by atoms with Gasteiger partial charge >= 0.3 is 5.97 Å². The Kier molecular flexibility index (Phi) is 3.56. The molecule has 0 fully saturated rings. The van der Waals surface area contributed by atoms with Crippen molar-refractivity contribution in [3.63, 3.8) is 0 Å². The molecule has 4 nitrogen and oxygen atoms in total. The fourth-order valence-corrected chi connectivity index (χ4v) is 1.26. The molecule has 0 spiro atoms. The molecule has 0 heterocycles. The van der Waals surface area contributed by atoms with E-state index in [1.165, 1.54) is 12.1 Å². The smallest absolute Gasteiger partial charge is 0.337 e. The molecule has 0 aliphatic carbocycles. The van der Waals surface area contributed by atoms with Crippen molar-refractivity contribution in [3.8, 4) is 11.8 Å². The predicted molar refractivity (Wildman–Crippen MR) is 58.8 cm³/mol. The molecular weight excluding hydrogens is 216 g/mol. The molecule has 1 aromatic carbocycles. The normalized spacial score (nSPS) is 9.20. The van der Waals surface area contributed by atoms with Gasteiger partial charge in [-0.15, -0.1) is 0 Å². The van der Waals surface area contributed by atoms with E-state index >= 15 is 0 Å². The van der Waals surface area contributed by atoms with Gasteiger partial charge in [0, 0.05) is 10.6 Å². The number of halogens is 1. The average molecular weight is 225 g/mol. The van der Waals surface area contributed by atoms with Gasteiger partial charge in [0.1, 0.15) is 0 Å². The lowest BCUT2D eigenvalue weighted by Crippen LogP contribution is -2.04. The molecule has 0 aliphatic rings. The molecular formula is C10H9ClN2O2. The van der Waals surface area contributed by atoms with Gasteiger partial charge in [0.2, 0.25) is 0 Å². The molecule has 5 heteroatoms. The second-order valence-electron chi connectivity index (χ2n) is 2.73. The fraction of sp³-hybridized carbons (Fsp3) is 0.100. The van der Waals surface area contributed by atoms with Gasteiger partial charge in [-0.05, 0) is 12.1 Å². The minimum absolute atomic E-state index is 0.0520. The van der Waals surface area contributed by atoms with Crippen molar-refractivity contribution in [2.75, 3.05) is 12.3 Å². The third-order valence-electron chi connectivity index (χ3n) is 1.70. The number of rotatable bonds is 1. The molecule has 5 N–H and O–H groups in total. The highest BCUT2D eigenvalue weighted by molar-refractivity contribution is 6.31. The summed E-state index contributed by atoms with van der Waals surface area (Å²) in [5.74, 6) is 4.11. The number of carbonyl (C=O) groups is 1. The van der Waals surface area contributed by atoms with Gasteiger partial charge in [-0.1, -0.05) is 23.4 Å². The van der Waals surface area contributed by atoms with Crippen molar-refractivity contribution in [1.29, 1.82) is 0 Å². The SMILES string of the molecule is NCC#Cc1cc(Cl)cc(C(=O)O)c1N. The summed E-state index contributed by atoms with van der Waals surface area (Å²) in [5, 5.41) is 9.11. The van der Waals surface area contributed by atoms with E-state index in [9.17, 15) is 4.79 Å². The van der Waals surface area contributed by atoms with E-state index in [4.69, 9.17) is 28.2 Å². The van der Waals surface area contributed by atoms with Crippen LogP contribution in [-0.2, 0) is 0 Å². The molecule has 78 valence electrons. The highest BCUT2D eigenvalue weighted by atomic mass is 35.5. The summed E-state index contributed by atoms with van der Waals surface area (Å²) in [7, 11) is 0. The number of anilines is 1. The van der Waals surface area contributed by atoms with Crippen LogP contribution in [0.4, 0.5) is 5.69 Å². The third kappa shape index (κ3) is 2.62. The summed E-state index contributed by atoms with van der Waals surface area (Å²) < 4.78 is 0. The van der Waals surface area contributed by atoms with Crippen LogP contribution in [0.5, 0.6) is 0 Å². The first kappa shape index (κ1) is 11.4. The quantitative estimate of drug-likeness (QED) is 0.489. The van der Waals surface area contributed by atoms with E-state index in [0.717, 1.165) is 0 Å². The van der Waals surface area contributed by atoms with Gasteiger partial charge in [0.15, 0.2) is 0 Å². The molecule has 0 bridgehead atoms. The number of hydrogen-bond acceptors (Lipinski definition) is 3. The summed E-state index contributed by atoms with van der Waals surface area (Å²) >= 11 is 5.73. The van der Waals surface area contributed by atoms with Crippen molar-refractivity contribution in [2.24, 2.45) is 5.73 Å². The van der Waals surface area contributed by atoms with Crippen LogP contribution in [0.3, 0.4) is 0 Å². The van der Waals surface area contributed by atoms with Crippen LogP contribution in [0.15, 0.2) is 12.1 Å². The van der Waals surface area contributed by atoms with Crippen molar-refractivity contribution in [2.45, 2.75) is 0 Å². The van der Waals surface area contributed by atoms with Crippen molar-refractivity contribution < 1.29 is 9.90 Å². The number of nitrogens with two attached hydrogens (primary N) is 2. The maximum Gasteiger partial charge on any atom is 0.337 e. The average Bonchev–Trinajstić information content (AvgIpc) is 2.18. The van der Waals surface area contributed by atoms with E-state index < -0.39 is 5.97 Å². The second kappa shape index (κ2) is 4.69. The first-order chi connectivity index (χ1) is 7.06. The van der Waals surface area contributed by atoms with Crippen LogP contribution in [0, 0.1) is 11.8 Å². The highest BCUT2D eigenvalue weighted by Gasteiger charge is 2.11. The van der Waals surface area contributed by atoms with E-state index in [1.807, 2.05) is 0 Å². The van der Waals surface area contributed by atoms with E-state index in [2.05, 4.69) is 11.8 Å². The van der Waals surface area contributed by atoms with E-state index in [1.54, 1.807) is 0 Å². The van der Waals surface area contributed by atoms with Gasteiger partial charge in [0.05, 0.1) is 17.8 Å². The van der Waals surface area contributed by atoms with E-state index in [0.29, 0.717) is 5.56 Å². The van der Waals surface area contributed by atoms with Crippen molar-refractivity contribution in [1.82, 2.24) is 0 Å². The number of aromatic carboxylic acids is 1. The number of nitrogen functional groups attached to an aromatic ring is 1. The number of benzene rings is 1. The Balaban J connectivity index is 3.34. The number of carboxylic acids is 1. The Morgan fingerprint density at radius 2 is 2.20 bits per heavy atom. The second-order valence-corrected chi connectivity index (χ2v) is 3.16. The molecule has 0 saturated heterocycles. The van der Waals surface area contributed by atoms with Crippen LogP contribution in [0.2, 0.25) is 5.02 Å². The van der Waals surface area contributed by atoms with Gasteiger partial charge in [-0.2, -0.15) is 0 Å². The van der Waals surface area contributed by atoms with Gasteiger partial charge < -0.3 is 16.6 Å². The van der Waals surface area contributed by atoms with Crippen LogP contribution in [0.1, 0.15) is 15.9 Å². The number of carboxylic acid groups (broad SMARTS) is 1. The van der Waals surface area contributed by atoms with Crippen molar-refractivity contribution >= 4 is 23.3 Å². The monoisotopic (exact) mass is 224 g/mol. The zero-order valence-electron chi connectivity index (χ0n) is 7.75. The van der Waals surface area contributed by atoms with E-state index in [-0.39, 0.29) is 22.8 Å². The van der Waals surface area contributed by atoms with Crippen LogP contribution >= 0.6 is 11.6 Å². The Hall–Kier alpha value is -1.70. The van der Waals surface area contributed by atoms with Crippen LogP contribution in [0.25, 0.3) is 0 Å². The largest absolute Gasteiger partial charge is 0.478 e. The molecule has 0 aliphatic heterocycles. The molecule has 0 aromatic heterocycles. The lowest BCUT2D eigenvalue weighted by molar-refractivity contribution is 0.0698. The zero-order valence-corrected chi connectivity index (χ0v) is 8.51. The molecule has 1 rings (SSSR count). The minimum atomic E-state index is -1.13.